The van der Waals surface area contributed by atoms with Crippen LogP contribution in [0.1, 0.15) is 151 Å². The van der Waals surface area contributed by atoms with E-state index < -0.39 is 0 Å². The van der Waals surface area contributed by atoms with Crippen LogP contribution in [-0.4, -0.2) is 16.2 Å². The highest BCUT2D eigenvalue weighted by molar-refractivity contribution is 6.09. The van der Waals surface area contributed by atoms with E-state index in [0.717, 1.165) is 45.0 Å². The number of ether oxygens (including phenoxy) is 1. The van der Waals surface area contributed by atoms with E-state index in [9.17, 15) is 0 Å². The molecule has 9 aromatic carbocycles. The zero-order valence-electron chi connectivity index (χ0n) is 50.5. The maximum absolute atomic E-state index is 7.35. The summed E-state index contributed by atoms with van der Waals surface area (Å²) < 4.78 is 9.66. The van der Waals surface area contributed by atoms with Gasteiger partial charge in [-0.15, -0.1) is 0 Å². The summed E-state index contributed by atoms with van der Waals surface area (Å²) in [5, 5.41) is 2.31. The fourth-order valence-corrected chi connectivity index (χ4v) is 12.8. The van der Waals surface area contributed by atoms with E-state index >= 15 is 0 Å². The highest BCUT2D eigenvalue weighted by Crippen LogP contribution is 2.51. The number of hydrogen-bond acceptors (Lipinski definition) is 4. The Morgan fingerprint density at radius 3 is 1.53 bits per heavy atom. The molecule has 0 bridgehead atoms. The first-order valence-corrected chi connectivity index (χ1v) is 29.9. The van der Waals surface area contributed by atoms with Crippen molar-refractivity contribution in [3.05, 3.63) is 275 Å². The number of fused-ring (bicyclic) bond motifs is 4. The molecule has 0 spiro atoms. The molecular weight excluding hydrogens is 1010 g/mol. The van der Waals surface area contributed by atoms with Crippen LogP contribution in [0.25, 0.3) is 38.8 Å². The van der Waals surface area contributed by atoms with E-state index in [1.54, 1.807) is 0 Å². The van der Waals surface area contributed by atoms with Crippen LogP contribution < -0.4 is 14.5 Å². The van der Waals surface area contributed by atoms with Gasteiger partial charge in [-0.2, -0.15) is 0 Å². The molecule has 83 heavy (non-hydrogen) atoms. The SMILES string of the molecule is CC(C)c1ccc2c(c1)N(c1cc(Oc3ccc4c5ccccc5n(-c5cc(C(C)(C)c6ccccc6)ccn5)c4c3)cc(-c3c(C(C)C)cccc3C(C)C)c1)CN2c1cc(C(C)(C)c2ccccc2)cc(C(C)(C)c2ccccc2)c1. The van der Waals surface area contributed by atoms with Crippen molar-refractivity contribution in [2.45, 2.75) is 117 Å². The van der Waals surface area contributed by atoms with Gasteiger partial charge >= 0.3 is 0 Å². The molecule has 0 saturated carbocycles. The second kappa shape index (κ2) is 21.6. The fourth-order valence-electron chi connectivity index (χ4n) is 12.8. The van der Waals surface area contributed by atoms with Gasteiger partial charge in [-0.25, -0.2) is 4.98 Å². The maximum atomic E-state index is 7.35. The van der Waals surface area contributed by atoms with Gasteiger partial charge in [0, 0.05) is 56.7 Å². The van der Waals surface area contributed by atoms with Crippen LogP contribution in [-0.2, 0) is 16.2 Å². The van der Waals surface area contributed by atoms with Gasteiger partial charge in [-0.1, -0.05) is 223 Å². The molecule has 1 aliphatic rings. The molecule has 0 fully saturated rings. The molecule has 0 N–H and O–H groups in total. The van der Waals surface area contributed by atoms with Crippen LogP contribution in [0.4, 0.5) is 22.7 Å². The van der Waals surface area contributed by atoms with Gasteiger partial charge in [0.15, 0.2) is 0 Å². The van der Waals surface area contributed by atoms with Crippen molar-refractivity contribution in [2.24, 2.45) is 0 Å². The van der Waals surface area contributed by atoms with Crippen molar-refractivity contribution in [3.63, 3.8) is 0 Å². The molecule has 0 aliphatic carbocycles. The monoisotopic (exact) mass is 1090 g/mol. The van der Waals surface area contributed by atoms with E-state index in [0.29, 0.717) is 24.4 Å². The van der Waals surface area contributed by atoms with Crippen molar-refractivity contribution in [2.75, 3.05) is 16.5 Å². The standard InChI is InChI=1S/C78H78N4O/c1-51(2)54-35-38-71-73(43-54)81(50-80(71)63-45-60(77(9,10)57-27-18-14-19-28-57)44-61(46-63)78(11,12)58-29-20-15-21-30-58)62-41-55(75-66(52(3)4)32-24-33-67(75)53(5)6)42-65(48-62)83-64-36-37-69-68-31-22-23-34-70(68)82(72(69)49-64)74-47-59(39-40-79-74)76(7,8)56-25-16-13-17-26-56/h13-49,51-53H,50H2,1-12H3. The largest absolute Gasteiger partial charge is 0.457 e. The van der Waals surface area contributed by atoms with Gasteiger partial charge in [-0.3, -0.25) is 4.57 Å². The minimum atomic E-state index is -0.280. The van der Waals surface area contributed by atoms with Crippen molar-refractivity contribution in [1.82, 2.24) is 9.55 Å². The average molecular weight is 1090 g/mol. The van der Waals surface area contributed by atoms with Gasteiger partial charge in [-0.05, 0) is 146 Å². The molecule has 0 saturated heterocycles. The van der Waals surface area contributed by atoms with Crippen LogP contribution in [0.2, 0.25) is 0 Å². The number of aromatic nitrogens is 2. The Morgan fingerprint density at radius 1 is 0.398 bits per heavy atom. The lowest BCUT2D eigenvalue weighted by Crippen LogP contribution is -2.27. The Bertz CT molecular complexity index is 4070. The van der Waals surface area contributed by atoms with Crippen LogP contribution >= 0.6 is 0 Å². The molecule has 0 amide bonds. The summed E-state index contributed by atoms with van der Waals surface area (Å²) in [6, 6.07) is 80.7. The van der Waals surface area contributed by atoms with Gasteiger partial charge in [0.2, 0.25) is 0 Å². The molecule has 0 atom stereocenters. The zero-order valence-corrected chi connectivity index (χ0v) is 50.5. The molecule has 3 heterocycles. The predicted octanol–water partition coefficient (Wildman–Crippen LogP) is 21.2. The number of pyridine rings is 1. The third-order valence-corrected chi connectivity index (χ3v) is 18.1. The minimum Gasteiger partial charge on any atom is -0.457 e. The summed E-state index contributed by atoms with van der Waals surface area (Å²) in [6.45, 7) is 28.5. The summed E-state index contributed by atoms with van der Waals surface area (Å²) in [6.07, 6.45) is 1.96. The Hall–Kier alpha value is -8.67. The topological polar surface area (TPSA) is 33.5 Å². The molecule has 1 aliphatic heterocycles. The quantitative estimate of drug-likeness (QED) is 0.102. The number of hydrogen-bond donors (Lipinski definition) is 0. The molecule has 5 heteroatoms. The Morgan fingerprint density at radius 2 is 0.940 bits per heavy atom. The summed E-state index contributed by atoms with van der Waals surface area (Å²) in [5.41, 5.74) is 19.9. The normalized spacial score (nSPS) is 13.0. The Balaban J connectivity index is 1.03. The second-order valence-electron chi connectivity index (χ2n) is 25.5. The van der Waals surface area contributed by atoms with Gasteiger partial charge in [0.25, 0.3) is 0 Å². The summed E-state index contributed by atoms with van der Waals surface area (Å²) in [4.78, 5) is 10.2. The lowest BCUT2D eigenvalue weighted by molar-refractivity contribution is 0.483. The first kappa shape index (κ1) is 54.9. The number of anilines is 4. The van der Waals surface area contributed by atoms with Crippen LogP contribution in [0.3, 0.4) is 0 Å². The second-order valence-corrected chi connectivity index (χ2v) is 25.5. The highest BCUT2D eigenvalue weighted by atomic mass is 16.5. The average Bonchev–Trinajstić information content (AvgIpc) is 3.00. The van der Waals surface area contributed by atoms with E-state index in [1.807, 2.05) is 6.20 Å². The summed E-state index contributed by atoms with van der Waals surface area (Å²) >= 11 is 0. The van der Waals surface area contributed by atoms with Crippen molar-refractivity contribution in [1.29, 1.82) is 0 Å². The smallest absolute Gasteiger partial charge is 0.137 e. The van der Waals surface area contributed by atoms with Crippen molar-refractivity contribution < 1.29 is 4.74 Å². The van der Waals surface area contributed by atoms with E-state index in [-0.39, 0.29) is 16.2 Å². The van der Waals surface area contributed by atoms with Crippen LogP contribution in [0.5, 0.6) is 11.5 Å². The Kier molecular flexibility index (Phi) is 14.3. The van der Waals surface area contributed by atoms with Crippen molar-refractivity contribution in [3.8, 4) is 28.4 Å². The zero-order chi connectivity index (χ0) is 58.0. The number of rotatable bonds is 15. The predicted molar refractivity (Wildman–Crippen MR) is 351 cm³/mol. The highest BCUT2D eigenvalue weighted by Gasteiger charge is 2.35. The summed E-state index contributed by atoms with van der Waals surface area (Å²) in [7, 11) is 0. The number of benzene rings is 9. The molecule has 2 aromatic heterocycles. The van der Waals surface area contributed by atoms with Gasteiger partial charge in [0.1, 0.15) is 24.0 Å². The Labute approximate surface area is 492 Å². The molecule has 11 aromatic rings. The van der Waals surface area contributed by atoms with Gasteiger partial charge in [0.05, 0.1) is 22.4 Å². The third kappa shape index (κ3) is 10.1. The first-order chi connectivity index (χ1) is 39.9. The van der Waals surface area contributed by atoms with Crippen molar-refractivity contribution >= 4 is 44.6 Å². The fraction of sp³-hybridized carbons (Fsp3) is 0.244. The molecular formula is C78H78N4O. The van der Waals surface area contributed by atoms with E-state index in [2.05, 4.69) is 316 Å². The molecule has 416 valence electrons. The lowest BCUT2D eigenvalue weighted by atomic mass is 9.73. The maximum Gasteiger partial charge on any atom is 0.137 e. The first-order valence-electron chi connectivity index (χ1n) is 29.9. The molecule has 5 nitrogen and oxygen atoms in total. The van der Waals surface area contributed by atoms with E-state index in [1.165, 1.54) is 78.1 Å². The van der Waals surface area contributed by atoms with Crippen LogP contribution in [0, 0.1) is 0 Å². The minimum absolute atomic E-state index is 0.243. The van der Waals surface area contributed by atoms with Gasteiger partial charge < -0.3 is 14.5 Å². The lowest BCUT2D eigenvalue weighted by Gasteiger charge is -2.33. The molecule has 0 unspecified atom stereocenters. The molecule has 0 radical (unpaired) electrons. The third-order valence-electron chi connectivity index (χ3n) is 18.1. The summed E-state index contributed by atoms with van der Waals surface area (Å²) in [5.74, 6) is 3.32. The molecule has 12 rings (SSSR count). The van der Waals surface area contributed by atoms with Crippen LogP contribution in [0.15, 0.2) is 225 Å². The van der Waals surface area contributed by atoms with E-state index in [4.69, 9.17) is 9.72 Å². The number of nitrogens with zero attached hydrogens (tertiary/aromatic N) is 4. The number of para-hydroxylation sites is 1.